The number of rotatable bonds is 17. The molecular weight excluding hydrogens is 408 g/mol. The molecule has 2 unspecified atom stereocenters. The number of carbonyl (C=O) groups excluding carboxylic acids is 2. The second-order valence-electron chi connectivity index (χ2n) is 9.43. The molecule has 0 aromatic heterocycles. The van der Waals surface area contributed by atoms with Crippen LogP contribution in [0.25, 0.3) is 0 Å². The number of ketones is 1. The SMILES string of the molecule is CCCCCCCCCCCCCCC1C=CN(C(C)C(N)=O)C=C1C(=O)c1ccccc1. The Bertz CT molecular complexity index is 769. The highest BCUT2D eigenvalue weighted by Gasteiger charge is 2.26. The number of carbonyl (C=O) groups is 2. The van der Waals surface area contributed by atoms with Crippen LogP contribution in [0.15, 0.2) is 54.4 Å². The van der Waals surface area contributed by atoms with Gasteiger partial charge in [0.05, 0.1) is 0 Å². The Kier molecular flexibility index (Phi) is 12.6. The first-order chi connectivity index (χ1) is 16.0. The van der Waals surface area contributed by atoms with Crippen LogP contribution in [0.1, 0.15) is 108 Å². The summed E-state index contributed by atoms with van der Waals surface area (Å²) in [6, 6.07) is 8.91. The fourth-order valence-electron chi connectivity index (χ4n) is 4.43. The van der Waals surface area contributed by atoms with Gasteiger partial charge in [0.1, 0.15) is 6.04 Å². The van der Waals surface area contributed by atoms with Crippen molar-refractivity contribution >= 4 is 11.7 Å². The number of amides is 1. The van der Waals surface area contributed by atoms with Gasteiger partial charge >= 0.3 is 0 Å². The maximum atomic E-state index is 13.2. The molecule has 4 nitrogen and oxygen atoms in total. The van der Waals surface area contributed by atoms with Crippen molar-refractivity contribution in [2.24, 2.45) is 11.7 Å². The van der Waals surface area contributed by atoms with Crippen LogP contribution in [0, 0.1) is 5.92 Å². The maximum Gasteiger partial charge on any atom is 0.240 e. The number of nitrogens with zero attached hydrogens (tertiary/aromatic N) is 1. The van der Waals surface area contributed by atoms with Gasteiger partial charge in [-0.2, -0.15) is 0 Å². The number of benzene rings is 1. The fourth-order valence-corrected chi connectivity index (χ4v) is 4.43. The Labute approximate surface area is 201 Å². The van der Waals surface area contributed by atoms with Crippen LogP contribution in [-0.2, 0) is 4.79 Å². The van der Waals surface area contributed by atoms with Gasteiger partial charge in [0, 0.05) is 29.5 Å². The van der Waals surface area contributed by atoms with Gasteiger partial charge in [0.15, 0.2) is 5.78 Å². The molecule has 33 heavy (non-hydrogen) atoms. The zero-order chi connectivity index (χ0) is 23.9. The van der Waals surface area contributed by atoms with Crippen LogP contribution in [-0.4, -0.2) is 22.6 Å². The van der Waals surface area contributed by atoms with Crippen molar-refractivity contribution in [1.82, 2.24) is 4.90 Å². The lowest BCUT2D eigenvalue weighted by atomic mass is 9.86. The first-order valence-electron chi connectivity index (χ1n) is 13.1. The van der Waals surface area contributed by atoms with E-state index in [1.54, 1.807) is 11.8 Å². The molecule has 0 radical (unpaired) electrons. The van der Waals surface area contributed by atoms with E-state index in [0.29, 0.717) is 5.56 Å². The molecule has 0 bridgehead atoms. The van der Waals surface area contributed by atoms with E-state index in [-0.39, 0.29) is 11.7 Å². The number of allylic oxidation sites excluding steroid dienone is 2. The zero-order valence-corrected chi connectivity index (χ0v) is 20.8. The third kappa shape index (κ3) is 9.57. The molecule has 0 saturated heterocycles. The molecule has 2 rings (SSSR count). The van der Waals surface area contributed by atoms with Crippen molar-refractivity contribution in [2.75, 3.05) is 0 Å². The summed E-state index contributed by atoms with van der Waals surface area (Å²) in [5.41, 5.74) is 6.93. The van der Waals surface area contributed by atoms with Crippen molar-refractivity contribution in [3.05, 3.63) is 59.9 Å². The molecule has 0 spiro atoms. The predicted molar refractivity (Wildman–Crippen MR) is 138 cm³/mol. The molecule has 0 fully saturated rings. The Morgan fingerprint density at radius 2 is 1.42 bits per heavy atom. The van der Waals surface area contributed by atoms with E-state index in [1.807, 2.05) is 42.7 Å². The lowest BCUT2D eigenvalue weighted by Crippen LogP contribution is -2.38. The van der Waals surface area contributed by atoms with Crippen LogP contribution in [0.5, 0.6) is 0 Å². The summed E-state index contributed by atoms with van der Waals surface area (Å²) in [4.78, 5) is 26.6. The highest BCUT2D eigenvalue weighted by molar-refractivity contribution is 6.09. The van der Waals surface area contributed by atoms with Gasteiger partial charge in [-0.15, -0.1) is 0 Å². The molecule has 182 valence electrons. The van der Waals surface area contributed by atoms with Gasteiger partial charge in [-0.25, -0.2) is 0 Å². The first kappa shape index (κ1) is 26.9. The average Bonchev–Trinajstić information content (AvgIpc) is 2.84. The van der Waals surface area contributed by atoms with Gasteiger partial charge in [-0.3, -0.25) is 9.59 Å². The van der Waals surface area contributed by atoms with E-state index in [1.165, 1.54) is 70.6 Å². The fraction of sp³-hybridized carbons (Fsp3) is 0.586. The topological polar surface area (TPSA) is 63.4 Å². The number of unbranched alkanes of at least 4 members (excludes halogenated alkanes) is 11. The lowest BCUT2D eigenvalue weighted by molar-refractivity contribution is -0.121. The van der Waals surface area contributed by atoms with Gasteiger partial charge in [-0.1, -0.05) is 120 Å². The summed E-state index contributed by atoms with van der Waals surface area (Å²) in [6.07, 6.45) is 22.6. The smallest absolute Gasteiger partial charge is 0.240 e. The highest BCUT2D eigenvalue weighted by atomic mass is 16.1. The van der Waals surface area contributed by atoms with E-state index in [0.717, 1.165) is 18.4 Å². The van der Waals surface area contributed by atoms with E-state index < -0.39 is 11.9 Å². The first-order valence-corrected chi connectivity index (χ1v) is 13.1. The molecule has 1 amide bonds. The molecule has 1 aliphatic heterocycles. The molecule has 0 aliphatic carbocycles. The van der Waals surface area contributed by atoms with E-state index in [9.17, 15) is 9.59 Å². The Balaban J connectivity index is 1.78. The van der Waals surface area contributed by atoms with Gasteiger partial charge in [-0.05, 0) is 13.3 Å². The van der Waals surface area contributed by atoms with Crippen LogP contribution in [0.3, 0.4) is 0 Å². The predicted octanol–water partition coefficient (Wildman–Crippen LogP) is 7.16. The van der Waals surface area contributed by atoms with E-state index in [4.69, 9.17) is 5.73 Å². The molecule has 1 aromatic rings. The average molecular weight is 453 g/mol. The van der Waals surface area contributed by atoms with Crippen LogP contribution >= 0.6 is 0 Å². The van der Waals surface area contributed by atoms with Crippen molar-refractivity contribution in [3.63, 3.8) is 0 Å². The summed E-state index contributed by atoms with van der Waals surface area (Å²) < 4.78 is 0. The monoisotopic (exact) mass is 452 g/mol. The van der Waals surface area contributed by atoms with Crippen LogP contribution in [0.2, 0.25) is 0 Å². The van der Waals surface area contributed by atoms with E-state index in [2.05, 4.69) is 13.0 Å². The van der Waals surface area contributed by atoms with E-state index >= 15 is 0 Å². The van der Waals surface area contributed by atoms with Gasteiger partial charge < -0.3 is 10.6 Å². The number of primary amides is 1. The molecule has 2 N–H and O–H groups in total. The molecular formula is C29H44N2O2. The second-order valence-corrected chi connectivity index (χ2v) is 9.43. The number of hydrogen-bond acceptors (Lipinski definition) is 3. The summed E-state index contributed by atoms with van der Waals surface area (Å²) in [5, 5.41) is 0. The standard InChI is InChI=1S/C29H44N2O2/c1-3-4-5-6-7-8-9-10-11-12-13-15-18-25-21-22-31(24(2)29(30)33)23-27(25)28(32)26-19-16-14-17-20-26/h14,16-17,19-25H,3-13,15,18H2,1-2H3,(H2,30,33). The minimum atomic E-state index is -0.479. The minimum absolute atomic E-state index is 0.0329. The number of Topliss-reactive ketones (excluding diaryl/α,β-unsaturated/α-hetero) is 1. The molecule has 0 saturated carbocycles. The lowest BCUT2D eigenvalue weighted by Gasteiger charge is -2.29. The third-order valence-electron chi connectivity index (χ3n) is 6.70. The van der Waals surface area contributed by atoms with Gasteiger partial charge in [0.2, 0.25) is 5.91 Å². The summed E-state index contributed by atoms with van der Waals surface area (Å²) >= 11 is 0. The molecule has 2 atom stereocenters. The Morgan fingerprint density at radius 3 is 1.97 bits per heavy atom. The molecule has 1 aromatic carbocycles. The molecule has 1 aliphatic rings. The number of hydrogen-bond donors (Lipinski definition) is 1. The van der Waals surface area contributed by atoms with Crippen LogP contribution in [0.4, 0.5) is 0 Å². The maximum absolute atomic E-state index is 13.2. The summed E-state index contributed by atoms with van der Waals surface area (Å²) in [5.74, 6) is -0.287. The van der Waals surface area contributed by atoms with Crippen LogP contribution < -0.4 is 5.73 Å². The van der Waals surface area contributed by atoms with Gasteiger partial charge in [0.25, 0.3) is 0 Å². The van der Waals surface area contributed by atoms with Crippen molar-refractivity contribution in [1.29, 1.82) is 0 Å². The summed E-state index contributed by atoms with van der Waals surface area (Å²) in [7, 11) is 0. The van der Waals surface area contributed by atoms with Crippen molar-refractivity contribution in [3.8, 4) is 0 Å². The largest absolute Gasteiger partial charge is 0.368 e. The highest BCUT2D eigenvalue weighted by Crippen LogP contribution is 2.29. The Hall–Kier alpha value is -2.36. The quantitative estimate of drug-likeness (QED) is 0.201. The third-order valence-corrected chi connectivity index (χ3v) is 6.70. The zero-order valence-electron chi connectivity index (χ0n) is 20.8. The summed E-state index contributed by atoms with van der Waals surface area (Å²) in [6.45, 7) is 4.03. The van der Waals surface area contributed by atoms with Crippen molar-refractivity contribution < 1.29 is 9.59 Å². The van der Waals surface area contributed by atoms with Crippen molar-refractivity contribution in [2.45, 2.75) is 103 Å². The number of nitrogens with two attached hydrogens (primary N) is 1. The molecule has 4 heteroatoms. The normalized spacial score (nSPS) is 16.5. The second kappa shape index (κ2) is 15.5. The minimum Gasteiger partial charge on any atom is -0.368 e. The Morgan fingerprint density at radius 1 is 0.879 bits per heavy atom. The molecule has 1 heterocycles.